The summed E-state index contributed by atoms with van der Waals surface area (Å²) in [6, 6.07) is 9.17. The standard InChI is InChI=1S/C18H18FN5O2S/c1-3-24-16(14-8-5-9-23(2)17(14)26)21-22-18(24)27-11-15(25)20-13-7-4-6-12(19)10-13/h4-10H,3,11H2,1-2H3,(H,20,25). The van der Waals surface area contributed by atoms with E-state index in [1.54, 1.807) is 36.0 Å². The van der Waals surface area contributed by atoms with Crippen molar-refractivity contribution in [1.29, 1.82) is 0 Å². The van der Waals surface area contributed by atoms with Gasteiger partial charge >= 0.3 is 0 Å². The highest BCUT2D eigenvalue weighted by atomic mass is 32.2. The number of benzene rings is 1. The summed E-state index contributed by atoms with van der Waals surface area (Å²) in [7, 11) is 1.67. The number of carbonyl (C=O) groups is 1. The molecule has 9 heteroatoms. The maximum absolute atomic E-state index is 13.2. The number of pyridine rings is 1. The molecule has 0 aliphatic rings. The van der Waals surface area contributed by atoms with Crippen molar-refractivity contribution in [3.05, 3.63) is 58.8 Å². The van der Waals surface area contributed by atoms with E-state index >= 15 is 0 Å². The summed E-state index contributed by atoms with van der Waals surface area (Å²) in [5.74, 6) is -0.151. The molecule has 2 aromatic heterocycles. The molecular weight excluding hydrogens is 369 g/mol. The molecule has 0 bridgehead atoms. The summed E-state index contributed by atoms with van der Waals surface area (Å²) in [4.78, 5) is 24.4. The summed E-state index contributed by atoms with van der Waals surface area (Å²) in [5.41, 5.74) is 0.677. The third kappa shape index (κ3) is 4.25. The lowest BCUT2D eigenvalue weighted by Gasteiger charge is -2.08. The van der Waals surface area contributed by atoms with E-state index in [0.29, 0.717) is 28.8 Å². The number of aromatic nitrogens is 4. The van der Waals surface area contributed by atoms with Gasteiger partial charge in [-0.25, -0.2) is 4.39 Å². The number of halogens is 1. The molecule has 0 saturated carbocycles. The topological polar surface area (TPSA) is 81.8 Å². The van der Waals surface area contributed by atoms with Crippen LogP contribution in [-0.2, 0) is 18.4 Å². The van der Waals surface area contributed by atoms with Crippen LogP contribution < -0.4 is 10.9 Å². The van der Waals surface area contributed by atoms with E-state index in [9.17, 15) is 14.0 Å². The van der Waals surface area contributed by atoms with E-state index in [1.165, 1.54) is 34.5 Å². The van der Waals surface area contributed by atoms with Gasteiger partial charge in [0.05, 0.1) is 11.3 Å². The summed E-state index contributed by atoms with van der Waals surface area (Å²) in [6.07, 6.45) is 1.67. The van der Waals surface area contributed by atoms with Crippen LogP contribution in [-0.4, -0.2) is 31.0 Å². The Kier molecular flexibility index (Phi) is 5.70. The summed E-state index contributed by atoms with van der Waals surface area (Å²) >= 11 is 1.20. The van der Waals surface area contributed by atoms with Gasteiger partial charge in [0.15, 0.2) is 11.0 Å². The Morgan fingerprint density at radius 1 is 1.26 bits per heavy atom. The Bertz CT molecular complexity index is 1030. The second-order valence-electron chi connectivity index (χ2n) is 5.74. The molecule has 27 heavy (non-hydrogen) atoms. The molecule has 0 atom stereocenters. The predicted molar refractivity (Wildman–Crippen MR) is 102 cm³/mol. The minimum Gasteiger partial charge on any atom is -0.325 e. The molecule has 1 N–H and O–H groups in total. The van der Waals surface area contributed by atoms with Crippen LogP contribution >= 0.6 is 11.8 Å². The summed E-state index contributed by atoms with van der Waals surface area (Å²) in [5, 5.41) is 11.4. The molecule has 3 aromatic rings. The number of rotatable bonds is 6. The van der Waals surface area contributed by atoms with Crippen molar-refractivity contribution < 1.29 is 9.18 Å². The zero-order valence-corrected chi connectivity index (χ0v) is 15.7. The van der Waals surface area contributed by atoms with Crippen molar-refractivity contribution in [2.24, 2.45) is 7.05 Å². The number of nitrogens with one attached hydrogen (secondary N) is 1. The van der Waals surface area contributed by atoms with Crippen molar-refractivity contribution in [3.8, 4) is 11.4 Å². The molecule has 0 radical (unpaired) electrons. The number of hydrogen-bond acceptors (Lipinski definition) is 5. The van der Waals surface area contributed by atoms with E-state index < -0.39 is 5.82 Å². The lowest BCUT2D eigenvalue weighted by molar-refractivity contribution is -0.113. The Morgan fingerprint density at radius 3 is 2.81 bits per heavy atom. The first-order valence-electron chi connectivity index (χ1n) is 8.27. The third-order valence-corrected chi connectivity index (χ3v) is 4.80. The molecular formula is C18H18FN5O2S. The SMILES string of the molecule is CCn1c(SCC(=O)Nc2cccc(F)c2)nnc1-c1cccn(C)c1=O. The van der Waals surface area contributed by atoms with Crippen molar-refractivity contribution >= 4 is 23.4 Å². The second-order valence-corrected chi connectivity index (χ2v) is 6.68. The maximum Gasteiger partial charge on any atom is 0.261 e. The highest BCUT2D eigenvalue weighted by Crippen LogP contribution is 2.22. The Hall–Kier alpha value is -2.94. The smallest absolute Gasteiger partial charge is 0.261 e. The van der Waals surface area contributed by atoms with Gasteiger partial charge in [-0.15, -0.1) is 10.2 Å². The van der Waals surface area contributed by atoms with Crippen molar-refractivity contribution in [1.82, 2.24) is 19.3 Å². The summed E-state index contributed by atoms with van der Waals surface area (Å²) in [6.45, 7) is 2.46. The van der Waals surface area contributed by atoms with Crippen LogP contribution in [0.4, 0.5) is 10.1 Å². The van der Waals surface area contributed by atoms with Gasteiger partial charge in [-0.3, -0.25) is 9.59 Å². The molecule has 140 valence electrons. The molecule has 0 aliphatic heterocycles. The minimum absolute atomic E-state index is 0.0848. The van der Waals surface area contributed by atoms with Crippen LogP contribution in [0, 0.1) is 5.82 Å². The lowest BCUT2D eigenvalue weighted by atomic mass is 10.2. The zero-order chi connectivity index (χ0) is 19.4. The van der Waals surface area contributed by atoms with E-state index in [4.69, 9.17) is 0 Å². The average molecular weight is 387 g/mol. The van der Waals surface area contributed by atoms with Gasteiger partial charge in [-0.2, -0.15) is 0 Å². The molecule has 3 rings (SSSR count). The molecule has 0 aliphatic carbocycles. The number of hydrogen-bond donors (Lipinski definition) is 1. The largest absolute Gasteiger partial charge is 0.325 e. The Balaban J connectivity index is 1.74. The zero-order valence-electron chi connectivity index (χ0n) is 14.8. The number of anilines is 1. The molecule has 0 spiro atoms. The van der Waals surface area contributed by atoms with Crippen LogP contribution in [0.1, 0.15) is 6.92 Å². The molecule has 0 fully saturated rings. The van der Waals surface area contributed by atoms with Crippen LogP contribution in [0.15, 0.2) is 52.5 Å². The number of thioether (sulfide) groups is 1. The van der Waals surface area contributed by atoms with Gasteiger partial charge in [-0.1, -0.05) is 17.8 Å². The first-order valence-corrected chi connectivity index (χ1v) is 9.25. The van der Waals surface area contributed by atoms with Gasteiger partial charge in [-0.05, 0) is 37.3 Å². The van der Waals surface area contributed by atoms with Crippen molar-refractivity contribution in [2.45, 2.75) is 18.6 Å². The number of amides is 1. The van der Waals surface area contributed by atoms with Crippen LogP contribution in [0.5, 0.6) is 0 Å². The predicted octanol–water partition coefficient (Wildman–Crippen LogP) is 2.53. The first kappa shape index (κ1) is 18.8. The fourth-order valence-corrected chi connectivity index (χ4v) is 3.34. The van der Waals surface area contributed by atoms with Gasteiger partial charge < -0.3 is 14.5 Å². The molecule has 2 heterocycles. The van der Waals surface area contributed by atoms with Crippen LogP contribution in [0.2, 0.25) is 0 Å². The van der Waals surface area contributed by atoms with Crippen LogP contribution in [0.3, 0.4) is 0 Å². The quantitative estimate of drug-likeness (QED) is 0.658. The van der Waals surface area contributed by atoms with Gasteiger partial charge in [0.2, 0.25) is 5.91 Å². The number of aryl methyl sites for hydroxylation is 1. The highest BCUT2D eigenvalue weighted by Gasteiger charge is 2.17. The average Bonchev–Trinajstić information content (AvgIpc) is 3.05. The van der Waals surface area contributed by atoms with Crippen molar-refractivity contribution in [3.63, 3.8) is 0 Å². The number of carbonyl (C=O) groups excluding carboxylic acids is 1. The van der Waals surface area contributed by atoms with Crippen molar-refractivity contribution in [2.75, 3.05) is 11.1 Å². The maximum atomic E-state index is 13.2. The molecule has 1 aromatic carbocycles. The number of nitrogens with zero attached hydrogens (tertiary/aromatic N) is 4. The third-order valence-electron chi connectivity index (χ3n) is 3.84. The Labute approximate surface area is 159 Å². The van der Waals surface area contributed by atoms with E-state index in [0.717, 1.165) is 0 Å². The highest BCUT2D eigenvalue weighted by molar-refractivity contribution is 7.99. The monoisotopic (exact) mass is 387 g/mol. The first-order chi connectivity index (χ1) is 13.0. The lowest BCUT2D eigenvalue weighted by Crippen LogP contribution is -2.19. The van der Waals surface area contributed by atoms with Gasteiger partial charge in [0.25, 0.3) is 5.56 Å². The fourth-order valence-electron chi connectivity index (χ4n) is 2.54. The normalized spacial score (nSPS) is 10.8. The van der Waals surface area contributed by atoms with E-state index in [2.05, 4.69) is 15.5 Å². The Morgan fingerprint density at radius 2 is 2.07 bits per heavy atom. The summed E-state index contributed by atoms with van der Waals surface area (Å²) < 4.78 is 16.5. The molecule has 1 amide bonds. The fraction of sp³-hybridized carbons (Fsp3) is 0.222. The van der Waals surface area contributed by atoms with Gasteiger partial charge in [0, 0.05) is 25.5 Å². The van der Waals surface area contributed by atoms with Crippen LogP contribution in [0.25, 0.3) is 11.4 Å². The van der Waals surface area contributed by atoms with E-state index in [-0.39, 0.29) is 17.2 Å². The van der Waals surface area contributed by atoms with E-state index in [1.807, 2.05) is 6.92 Å². The molecule has 0 saturated heterocycles. The second kappa shape index (κ2) is 8.17. The minimum atomic E-state index is -0.416. The molecule has 0 unspecified atom stereocenters. The van der Waals surface area contributed by atoms with Gasteiger partial charge in [0.1, 0.15) is 5.82 Å². The molecule has 7 nitrogen and oxygen atoms in total.